The number of anilines is 1. The van der Waals surface area contributed by atoms with Gasteiger partial charge >= 0.3 is 0 Å². The number of likely N-dealkylation sites (tertiary alicyclic amines) is 1. The van der Waals surface area contributed by atoms with Crippen LogP contribution in [0.2, 0.25) is 0 Å². The minimum absolute atomic E-state index is 0.101. The Labute approximate surface area is 223 Å². The van der Waals surface area contributed by atoms with E-state index in [1.807, 2.05) is 24.3 Å². The van der Waals surface area contributed by atoms with Crippen LogP contribution in [0.3, 0.4) is 0 Å². The average Bonchev–Trinajstić information content (AvgIpc) is 3.64. The van der Waals surface area contributed by atoms with E-state index in [-0.39, 0.29) is 13.0 Å². The molecule has 5 aromatic rings. The molecule has 2 aliphatic rings. The van der Waals surface area contributed by atoms with Crippen molar-refractivity contribution >= 4 is 27.9 Å². The van der Waals surface area contributed by atoms with E-state index >= 15 is 0 Å². The third-order valence-corrected chi connectivity index (χ3v) is 7.58. The number of aromatic amines is 2. The van der Waals surface area contributed by atoms with E-state index in [2.05, 4.69) is 42.0 Å². The molecule has 0 spiro atoms. The Kier molecular flexibility index (Phi) is 5.74. The molecule has 7 heterocycles. The number of imidazole rings is 1. The number of fused-ring (bicyclic) bond motifs is 2. The number of hydrogen-bond donors (Lipinski definition) is 2. The molecule has 39 heavy (non-hydrogen) atoms. The molecule has 2 fully saturated rings. The Morgan fingerprint density at radius 2 is 1.87 bits per heavy atom. The zero-order valence-electron chi connectivity index (χ0n) is 21.5. The molecule has 0 saturated carbocycles. The van der Waals surface area contributed by atoms with E-state index in [9.17, 15) is 8.78 Å². The summed E-state index contributed by atoms with van der Waals surface area (Å²) in [5, 5.41) is 7.58. The van der Waals surface area contributed by atoms with Crippen molar-refractivity contribution in [3.8, 4) is 22.8 Å². The number of H-pyrrole nitrogens is 2. The number of aromatic nitrogens is 7. The number of rotatable bonds is 5. The maximum absolute atomic E-state index is 13.6. The summed E-state index contributed by atoms with van der Waals surface area (Å²) < 4.78 is 27.3. The third-order valence-electron chi connectivity index (χ3n) is 7.58. The van der Waals surface area contributed by atoms with E-state index in [1.165, 1.54) is 0 Å². The summed E-state index contributed by atoms with van der Waals surface area (Å²) in [4.78, 5) is 28.5. The molecule has 12 heteroatoms. The van der Waals surface area contributed by atoms with Crippen LogP contribution < -0.4 is 4.90 Å². The fourth-order valence-corrected chi connectivity index (χ4v) is 5.45. The van der Waals surface area contributed by atoms with Crippen molar-refractivity contribution in [2.75, 3.05) is 51.2 Å². The first-order chi connectivity index (χ1) is 18.9. The molecular formula is C27H28F2N10. The van der Waals surface area contributed by atoms with Gasteiger partial charge in [-0.15, -0.1) is 0 Å². The van der Waals surface area contributed by atoms with Gasteiger partial charge in [0.2, 0.25) is 0 Å². The summed E-state index contributed by atoms with van der Waals surface area (Å²) in [6.07, 6.45) is 5.17. The Hall–Kier alpha value is -4.03. The second kappa shape index (κ2) is 9.31. The van der Waals surface area contributed by atoms with Crippen LogP contribution in [-0.4, -0.2) is 97.2 Å². The van der Waals surface area contributed by atoms with Gasteiger partial charge in [-0.3, -0.25) is 15.0 Å². The molecule has 0 aliphatic carbocycles. The molecule has 7 rings (SSSR count). The van der Waals surface area contributed by atoms with Crippen molar-refractivity contribution in [2.24, 2.45) is 0 Å². The number of nitrogens with zero attached hydrogens (tertiary/aromatic N) is 8. The largest absolute Gasteiger partial charge is 0.367 e. The Balaban J connectivity index is 1.21. The van der Waals surface area contributed by atoms with Crippen molar-refractivity contribution < 1.29 is 8.78 Å². The van der Waals surface area contributed by atoms with Crippen LogP contribution in [0, 0.1) is 0 Å². The fourth-order valence-electron chi connectivity index (χ4n) is 5.45. The Morgan fingerprint density at radius 1 is 1.00 bits per heavy atom. The van der Waals surface area contributed by atoms with Crippen LogP contribution in [0.15, 0.2) is 42.9 Å². The van der Waals surface area contributed by atoms with Gasteiger partial charge in [-0.05, 0) is 36.9 Å². The number of halogens is 2. The number of hydrogen-bond acceptors (Lipinski definition) is 8. The number of nitrogens with one attached hydrogen (secondary N) is 2. The summed E-state index contributed by atoms with van der Waals surface area (Å²) in [6.45, 7) is 4.45. The molecule has 10 nitrogen and oxygen atoms in total. The summed E-state index contributed by atoms with van der Waals surface area (Å²) >= 11 is 0. The van der Waals surface area contributed by atoms with Gasteiger partial charge in [0.1, 0.15) is 11.0 Å². The molecule has 200 valence electrons. The van der Waals surface area contributed by atoms with E-state index in [4.69, 9.17) is 9.97 Å². The van der Waals surface area contributed by atoms with Crippen LogP contribution in [0.4, 0.5) is 14.5 Å². The first kappa shape index (κ1) is 24.0. The highest BCUT2D eigenvalue weighted by Gasteiger charge is 2.38. The van der Waals surface area contributed by atoms with Gasteiger partial charge in [-0.1, -0.05) is 0 Å². The molecule has 0 radical (unpaired) electrons. The summed E-state index contributed by atoms with van der Waals surface area (Å²) in [7, 11) is 2.14. The van der Waals surface area contributed by atoms with Crippen molar-refractivity contribution in [2.45, 2.75) is 18.9 Å². The number of piperazine rings is 1. The lowest BCUT2D eigenvalue weighted by Gasteiger charge is -2.33. The van der Waals surface area contributed by atoms with Crippen molar-refractivity contribution in [1.29, 1.82) is 0 Å². The predicted molar refractivity (Wildman–Crippen MR) is 145 cm³/mol. The predicted octanol–water partition coefficient (Wildman–Crippen LogP) is 3.55. The number of likely N-dealkylation sites (N-methyl/N-ethyl adjacent to an activating group) is 1. The van der Waals surface area contributed by atoms with Gasteiger partial charge in [0, 0.05) is 69.8 Å². The van der Waals surface area contributed by atoms with Crippen LogP contribution in [0.25, 0.3) is 45.0 Å². The normalized spacial score (nSPS) is 18.5. The zero-order valence-corrected chi connectivity index (χ0v) is 21.5. The molecule has 2 N–H and O–H groups in total. The monoisotopic (exact) mass is 530 g/mol. The van der Waals surface area contributed by atoms with E-state index in [0.29, 0.717) is 35.8 Å². The van der Waals surface area contributed by atoms with Crippen LogP contribution in [-0.2, 0) is 6.54 Å². The molecule has 0 aromatic carbocycles. The summed E-state index contributed by atoms with van der Waals surface area (Å²) in [5.41, 5.74) is 7.06. The average molecular weight is 531 g/mol. The maximum atomic E-state index is 13.6. The molecule has 0 bridgehead atoms. The molecular weight excluding hydrogens is 502 g/mol. The minimum Gasteiger partial charge on any atom is -0.367 e. The second-order valence-corrected chi connectivity index (χ2v) is 10.5. The Bertz CT molecular complexity index is 1650. The van der Waals surface area contributed by atoms with Gasteiger partial charge in [0.15, 0.2) is 17.2 Å². The molecule has 0 atom stereocenters. The number of alkyl halides is 2. The quantitative estimate of drug-likeness (QED) is 0.356. The molecule has 2 aliphatic heterocycles. The first-order valence-electron chi connectivity index (χ1n) is 13.1. The van der Waals surface area contributed by atoms with Crippen molar-refractivity contribution in [1.82, 2.24) is 44.9 Å². The lowest BCUT2D eigenvalue weighted by Crippen LogP contribution is -2.44. The van der Waals surface area contributed by atoms with Gasteiger partial charge in [-0.2, -0.15) is 5.10 Å². The molecule has 5 aromatic heterocycles. The smallest absolute Gasteiger partial charge is 0.261 e. The number of pyridine rings is 3. The highest BCUT2D eigenvalue weighted by atomic mass is 19.3. The molecule has 0 unspecified atom stereocenters. The van der Waals surface area contributed by atoms with Gasteiger partial charge < -0.3 is 14.8 Å². The van der Waals surface area contributed by atoms with E-state index < -0.39 is 5.92 Å². The van der Waals surface area contributed by atoms with Crippen molar-refractivity contribution in [3.05, 3.63) is 48.4 Å². The van der Waals surface area contributed by atoms with Gasteiger partial charge in [-0.25, -0.2) is 23.7 Å². The first-order valence-corrected chi connectivity index (χ1v) is 13.1. The maximum Gasteiger partial charge on any atom is 0.261 e. The molecule has 2 saturated heterocycles. The van der Waals surface area contributed by atoms with Gasteiger partial charge in [0.25, 0.3) is 5.92 Å². The van der Waals surface area contributed by atoms with Crippen LogP contribution in [0.5, 0.6) is 0 Å². The standard InChI is InChI=1S/C27H28F2N10/c1-37-8-10-39(11-9-37)21-4-6-31-25-23(21)33-26(34-25)24-22-20(35-36-24)3-2-19(32-22)18-12-17(13-30-14-18)15-38-7-5-27(28,29)16-38/h2-4,6,12-14H,5,7-11,15-16H2,1H3,(H,35,36)(H,31,33,34). The topological polar surface area (TPSA) is 106 Å². The molecule has 0 amide bonds. The Morgan fingerprint density at radius 3 is 2.69 bits per heavy atom. The van der Waals surface area contributed by atoms with Crippen LogP contribution >= 0.6 is 0 Å². The highest BCUT2D eigenvalue weighted by Crippen LogP contribution is 2.31. The summed E-state index contributed by atoms with van der Waals surface area (Å²) in [5.74, 6) is -2.02. The second-order valence-electron chi connectivity index (χ2n) is 10.5. The lowest BCUT2D eigenvalue weighted by atomic mass is 10.1. The zero-order chi connectivity index (χ0) is 26.6. The summed E-state index contributed by atoms with van der Waals surface area (Å²) in [6, 6.07) is 7.81. The van der Waals surface area contributed by atoms with Crippen molar-refractivity contribution in [3.63, 3.8) is 0 Å². The van der Waals surface area contributed by atoms with E-state index in [0.717, 1.165) is 59.7 Å². The lowest BCUT2D eigenvalue weighted by molar-refractivity contribution is 0.0115. The fraction of sp³-hybridized carbons (Fsp3) is 0.370. The highest BCUT2D eigenvalue weighted by molar-refractivity contribution is 5.93. The minimum atomic E-state index is -2.62. The third kappa shape index (κ3) is 4.59. The van der Waals surface area contributed by atoms with E-state index in [1.54, 1.807) is 23.5 Å². The van der Waals surface area contributed by atoms with Crippen LogP contribution in [0.1, 0.15) is 12.0 Å². The SMILES string of the molecule is CN1CCN(c2ccnc3[nH]c(-c4n[nH]c5ccc(-c6cncc(CN7CCC(F)(F)C7)c6)nc45)nc23)CC1. The van der Waals surface area contributed by atoms with Gasteiger partial charge in [0.05, 0.1) is 23.4 Å².